The quantitative estimate of drug-likeness (QED) is 0.476. The molecule has 0 aromatic carbocycles. The van der Waals surface area contributed by atoms with Crippen LogP contribution in [0.25, 0.3) is 0 Å². The number of carbonyl (C=O) groups excluding carboxylic acids is 1. The van der Waals surface area contributed by atoms with E-state index in [0.717, 1.165) is 6.42 Å². The number of β-lactam (4-membered cyclic amide) rings is 1. The Balaban J connectivity index is 1.85. The van der Waals surface area contributed by atoms with Crippen LogP contribution in [-0.4, -0.2) is 11.9 Å². The van der Waals surface area contributed by atoms with E-state index in [1.54, 1.807) is 0 Å². The molecule has 1 amide bonds. The Hall–Kier alpha value is -0.530. The second kappa shape index (κ2) is 4.37. The SMILES string of the molecule is CCCCCCC1CC(=O)N1. The summed E-state index contributed by atoms with van der Waals surface area (Å²) in [5.74, 6) is 0.227. The highest BCUT2D eigenvalue weighted by Crippen LogP contribution is 2.13. The minimum absolute atomic E-state index is 0.227. The summed E-state index contributed by atoms with van der Waals surface area (Å²) in [6.45, 7) is 2.21. The van der Waals surface area contributed by atoms with Crippen molar-refractivity contribution in [2.45, 2.75) is 51.5 Å². The van der Waals surface area contributed by atoms with Crippen molar-refractivity contribution in [3.63, 3.8) is 0 Å². The van der Waals surface area contributed by atoms with E-state index in [0.29, 0.717) is 6.04 Å². The van der Waals surface area contributed by atoms with Gasteiger partial charge in [-0.15, -0.1) is 0 Å². The molecule has 1 fully saturated rings. The van der Waals surface area contributed by atoms with E-state index in [-0.39, 0.29) is 5.91 Å². The van der Waals surface area contributed by atoms with Crippen molar-refractivity contribution in [2.75, 3.05) is 0 Å². The van der Waals surface area contributed by atoms with Crippen LogP contribution in [0, 0.1) is 0 Å². The van der Waals surface area contributed by atoms with Crippen molar-refractivity contribution >= 4 is 5.91 Å². The molecule has 2 heteroatoms. The zero-order valence-corrected chi connectivity index (χ0v) is 7.23. The molecule has 64 valence electrons. The lowest BCUT2D eigenvalue weighted by molar-refractivity contribution is -0.128. The Morgan fingerprint density at radius 2 is 2.18 bits per heavy atom. The van der Waals surface area contributed by atoms with Gasteiger partial charge in [0.1, 0.15) is 0 Å². The summed E-state index contributed by atoms with van der Waals surface area (Å²) in [5, 5.41) is 2.88. The highest BCUT2D eigenvalue weighted by Gasteiger charge is 2.23. The van der Waals surface area contributed by atoms with Crippen molar-refractivity contribution in [1.29, 1.82) is 0 Å². The Labute approximate surface area is 68.4 Å². The lowest BCUT2D eigenvalue weighted by Crippen LogP contribution is -2.48. The van der Waals surface area contributed by atoms with E-state index in [1.165, 1.54) is 32.1 Å². The maximum absolute atomic E-state index is 10.5. The van der Waals surface area contributed by atoms with Crippen LogP contribution >= 0.6 is 0 Å². The summed E-state index contributed by atoms with van der Waals surface area (Å²) in [7, 11) is 0. The number of hydrogen-bond donors (Lipinski definition) is 1. The van der Waals surface area contributed by atoms with Crippen molar-refractivity contribution in [3.8, 4) is 0 Å². The molecule has 0 radical (unpaired) electrons. The van der Waals surface area contributed by atoms with Crippen LogP contribution in [0.5, 0.6) is 0 Å². The number of rotatable bonds is 5. The van der Waals surface area contributed by atoms with Gasteiger partial charge in [-0.05, 0) is 6.42 Å². The van der Waals surface area contributed by atoms with Crippen LogP contribution in [0.3, 0.4) is 0 Å². The molecule has 0 aromatic heterocycles. The van der Waals surface area contributed by atoms with Crippen molar-refractivity contribution in [2.24, 2.45) is 0 Å². The summed E-state index contributed by atoms with van der Waals surface area (Å²) in [4.78, 5) is 10.5. The fourth-order valence-electron chi connectivity index (χ4n) is 1.42. The van der Waals surface area contributed by atoms with Gasteiger partial charge in [-0.25, -0.2) is 0 Å². The predicted octanol–water partition coefficient (Wildman–Crippen LogP) is 1.85. The molecular weight excluding hydrogens is 138 g/mol. The van der Waals surface area contributed by atoms with Crippen LogP contribution in [0.2, 0.25) is 0 Å². The lowest BCUT2D eigenvalue weighted by atomic mass is 9.99. The first-order chi connectivity index (χ1) is 5.33. The van der Waals surface area contributed by atoms with Gasteiger partial charge in [0.2, 0.25) is 5.91 Å². The third-order valence-corrected chi connectivity index (χ3v) is 2.20. The third-order valence-electron chi connectivity index (χ3n) is 2.20. The lowest BCUT2D eigenvalue weighted by Gasteiger charge is -2.26. The zero-order chi connectivity index (χ0) is 8.10. The number of hydrogen-bond acceptors (Lipinski definition) is 1. The Bertz CT molecular complexity index is 126. The highest BCUT2D eigenvalue weighted by atomic mass is 16.2. The molecule has 0 aliphatic carbocycles. The molecule has 2 nitrogen and oxygen atoms in total. The van der Waals surface area contributed by atoms with Gasteiger partial charge in [0.25, 0.3) is 0 Å². The molecule has 1 unspecified atom stereocenters. The second-order valence-electron chi connectivity index (χ2n) is 3.32. The third kappa shape index (κ3) is 2.91. The molecule has 1 rings (SSSR count). The smallest absolute Gasteiger partial charge is 0.222 e. The van der Waals surface area contributed by atoms with E-state index < -0.39 is 0 Å². The van der Waals surface area contributed by atoms with Crippen molar-refractivity contribution < 1.29 is 4.79 Å². The molecule has 1 N–H and O–H groups in total. The van der Waals surface area contributed by atoms with E-state index in [2.05, 4.69) is 12.2 Å². The fraction of sp³-hybridized carbons (Fsp3) is 0.889. The Morgan fingerprint density at radius 1 is 1.45 bits per heavy atom. The first kappa shape index (κ1) is 8.57. The van der Waals surface area contributed by atoms with Crippen molar-refractivity contribution in [3.05, 3.63) is 0 Å². The van der Waals surface area contributed by atoms with E-state index in [4.69, 9.17) is 0 Å². The summed E-state index contributed by atoms with van der Waals surface area (Å²) in [6.07, 6.45) is 7.18. The second-order valence-corrected chi connectivity index (χ2v) is 3.32. The molecule has 1 heterocycles. The Morgan fingerprint density at radius 3 is 2.73 bits per heavy atom. The topological polar surface area (TPSA) is 29.1 Å². The molecule has 0 bridgehead atoms. The maximum Gasteiger partial charge on any atom is 0.222 e. The first-order valence-corrected chi connectivity index (χ1v) is 4.62. The van der Waals surface area contributed by atoms with E-state index in [9.17, 15) is 4.79 Å². The van der Waals surface area contributed by atoms with Crippen LogP contribution in [0.1, 0.15) is 45.4 Å². The number of amides is 1. The number of carbonyl (C=O) groups is 1. The fourth-order valence-corrected chi connectivity index (χ4v) is 1.42. The molecule has 0 saturated carbocycles. The van der Waals surface area contributed by atoms with Gasteiger partial charge in [0.15, 0.2) is 0 Å². The summed E-state index contributed by atoms with van der Waals surface area (Å²) >= 11 is 0. The van der Waals surface area contributed by atoms with Gasteiger partial charge in [-0.1, -0.05) is 32.6 Å². The molecule has 1 atom stereocenters. The zero-order valence-electron chi connectivity index (χ0n) is 7.23. The van der Waals surface area contributed by atoms with Gasteiger partial charge in [-0.2, -0.15) is 0 Å². The number of nitrogens with one attached hydrogen (secondary N) is 1. The highest BCUT2D eigenvalue weighted by molar-refractivity contribution is 5.82. The first-order valence-electron chi connectivity index (χ1n) is 4.62. The van der Waals surface area contributed by atoms with Crippen molar-refractivity contribution in [1.82, 2.24) is 5.32 Å². The van der Waals surface area contributed by atoms with Crippen LogP contribution < -0.4 is 5.32 Å². The summed E-state index contributed by atoms with van der Waals surface area (Å²) < 4.78 is 0. The Kier molecular flexibility index (Phi) is 3.40. The molecule has 1 aliphatic heterocycles. The van der Waals surface area contributed by atoms with E-state index in [1.807, 2.05) is 0 Å². The normalized spacial score (nSPS) is 22.6. The summed E-state index contributed by atoms with van der Waals surface area (Å²) in [5.41, 5.74) is 0. The van der Waals surface area contributed by atoms with Gasteiger partial charge in [-0.3, -0.25) is 4.79 Å². The van der Waals surface area contributed by atoms with Gasteiger partial charge in [0, 0.05) is 12.5 Å². The van der Waals surface area contributed by atoms with Crippen LogP contribution in [0.4, 0.5) is 0 Å². The van der Waals surface area contributed by atoms with Crippen LogP contribution in [0.15, 0.2) is 0 Å². The minimum Gasteiger partial charge on any atom is -0.353 e. The molecule has 1 aliphatic rings. The summed E-state index contributed by atoms with van der Waals surface area (Å²) in [6, 6.07) is 0.513. The van der Waals surface area contributed by atoms with E-state index >= 15 is 0 Å². The predicted molar refractivity (Wildman–Crippen MR) is 45.3 cm³/mol. The average Bonchev–Trinajstić information content (AvgIpc) is 1.94. The van der Waals surface area contributed by atoms with Crippen LogP contribution in [-0.2, 0) is 4.79 Å². The molecule has 0 aromatic rings. The van der Waals surface area contributed by atoms with Gasteiger partial charge < -0.3 is 5.32 Å². The number of unbranched alkanes of at least 4 members (excludes halogenated alkanes) is 3. The monoisotopic (exact) mass is 155 g/mol. The molecular formula is C9H17NO. The standard InChI is InChI=1S/C9H17NO/c1-2-3-4-5-6-8-7-9(11)10-8/h8H,2-7H2,1H3,(H,10,11). The molecule has 1 saturated heterocycles. The van der Waals surface area contributed by atoms with Gasteiger partial charge in [0.05, 0.1) is 0 Å². The maximum atomic E-state index is 10.5. The largest absolute Gasteiger partial charge is 0.353 e. The van der Waals surface area contributed by atoms with Gasteiger partial charge >= 0.3 is 0 Å². The average molecular weight is 155 g/mol. The molecule has 11 heavy (non-hydrogen) atoms. The molecule has 0 spiro atoms. The minimum atomic E-state index is 0.227.